The number of nitrogens with zero attached hydrogens (tertiary/aromatic N) is 5. The molecule has 1 amide bonds. The highest BCUT2D eigenvalue weighted by Gasteiger charge is 2.36. The summed E-state index contributed by atoms with van der Waals surface area (Å²) in [6.45, 7) is 17.3. The molecule has 1 N–H and O–H groups in total. The van der Waals surface area contributed by atoms with E-state index in [-0.39, 0.29) is 17.0 Å². The molecule has 0 aliphatic carbocycles. The van der Waals surface area contributed by atoms with Crippen LogP contribution < -0.4 is 10.2 Å². The van der Waals surface area contributed by atoms with Crippen LogP contribution in [0.1, 0.15) is 51.4 Å². The number of anilines is 1. The summed E-state index contributed by atoms with van der Waals surface area (Å²) in [7, 11) is 2.17. The first-order chi connectivity index (χ1) is 13.1. The monoisotopic (exact) mass is 388 g/mol. The van der Waals surface area contributed by atoms with Gasteiger partial charge < -0.3 is 15.1 Å². The topological polar surface area (TPSA) is 64.6 Å². The van der Waals surface area contributed by atoms with E-state index < -0.39 is 0 Å². The van der Waals surface area contributed by atoms with Crippen molar-refractivity contribution in [2.45, 2.75) is 52.1 Å². The third-order valence-corrected chi connectivity index (χ3v) is 5.93. The Balaban J connectivity index is 1.57. The van der Waals surface area contributed by atoms with Crippen LogP contribution in [0.5, 0.6) is 0 Å². The number of hydrogen-bond acceptors (Lipinski definition) is 6. The fraction of sp³-hybridized carbons (Fsp3) is 0.762. The molecule has 3 heterocycles. The van der Waals surface area contributed by atoms with Gasteiger partial charge in [-0.1, -0.05) is 6.92 Å². The minimum absolute atomic E-state index is 0.0204. The first-order valence-corrected chi connectivity index (χ1v) is 10.4. The molecule has 3 rings (SSSR count). The van der Waals surface area contributed by atoms with Gasteiger partial charge in [0.25, 0.3) is 5.91 Å². The van der Waals surface area contributed by atoms with E-state index in [1.165, 1.54) is 0 Å². The van der Waals surface area contributed by atoms with Gasteiger partial charge in [-0.25, -0.2) is 9.97 Å². The summed E-state index contributed by atoms with van der Waals surface area (Å²) in [5.41, 5.74) is 0.213. The third-order valence-electron chi connectivity index (χ3n) is 5.93. The van der Waals surface area contributed by atoms with Gasteiger partial charge in [0.1, 0.15) is 0 Å². The highest BCUT2D eigenvalue weighted by Crippen LogP contribution is 2.27. The van der Waals surface area contributed by atoms with Crippen LogP contribution in [0.4, 0.5) is 5.95 Å². The van der Waals surface area contributed by atoms with Gasteiger partial charge in [0, 0.05) is 62.7 Å². The molecule has 2 fully saturated rings. The number of hydrogen-bond donors (Lipinski definition) is 1. The molecule has 1 aromatic rings. The lowest BCUT2D eigenvalue weighted by Gasteiger charge is -2.46. The SMILES string of the molecule is CC1CN(c2ncc(C(=O)NC(C)(C)CC(C)(C)N3CCN(C)CC3)cn2)C1. The summed E-state index contributed by atoms with van der Waals surface area (Å²) < 4.78 is 0. The van der Waals surface area contributed by atoms with Gasteiger partial charge in [-0.3, -0.25) is 9.69 Å². The number of nitrogens with one attached hydrogen (secondary N) is 1. The molecule has 0 spiro atoms. The van der Waals surface area contributed by atoms with E-state index in [0.717, 1.165) is 45.7 Å². The van der Waals surface area contributed by atoms with Gasteiger partial charge in [-0.05, 0) is 47.1 Å². The van der Waals surface area contributed by atoms with Gasteiger partial charge in [-0.2, -0.15) is 0 Å². The highest BCUT2D eigenvalue weighted by atomic mass is 16.1. The minimum atomic E-state index is -0.324. The zero-order chi connectivity index (χ0) is 20.5. The second-order valence-corrected chi connectivity index (χ2v) is 9.90. The van der Waals surface area contributed by atoms with E-state index in [0.29, 0.717) is 17.4 Å². The van der Waals surface area contributed by atoms with Crippen LogP contribution in [-0.4, -0.2) is 83.1 Å². The van der Waals surface area contributed by atoms with Crippen LogP contribution in [-0.2, 0) is 0 Å². The van der Waals surface area contributed by atoms with E-state index in [1.807, 2.05) is 0 Å². The average Bonchev–Trinajstić information content (AvgIpc) is 2.58. The van der Waals surface area contributed by atoms with Crippen molar-refractivity contribution in [2.75, 3.05) is 51.2 Å². The normalized spacial score (nSPS) is 20.1. The molecule has 0 aromatic carbocycles. The molecule has 7 heteroatoms. The van der Waals surface area contributed by atoms with Gasteiger partial charge in [0.05, 0.1) is 5.56 Å². The lowest BCUT2D eigenvalue weighted by Crippen LogP contribution is -2.58. The Kier molecular flexibility index (Phi) is 5.96. The largest absolute Gasteiger partial charge is 0.347 e. The Morgan fingerprint density at radius 1 is 1.11 bits per heavy atom. The maximum absolute atomic E-state index is 12.8. The molecule has 7 nitrogen and oxygen atoms in total. The molecule has 2 aliphatic rings. The summed E-state index contributed by atoms with van der Waals surface area (Å²) in [5, 5.41) is 3.19. The fourth-order valence-corrected chi connectivity index (χ4v) is 4.49. The quantitative estimate of drug-likeness (QED) is 0.802. The van der Waals surface area contributed by atoms with E-state index in [2.05, 4.69) is 71.7 Å². The Labute approximate surface area is 169 Å². The van der Waals surface area contributed by atoms with Gasteiger partial charge in [0.2, 0.25) is 5.95 Å². The second kappa shape index (κ2) is 7.95. The average molecular weight is 389 g/mol. The van der Waals surface area contributed by atoms with Crippen molar-refractivity contribution in [1.82, 2.24) is 25.1 Å². The zero-order valence-electron chi connectivity index (χ0n) is 18.3. The molecular formula is C21H36N6O. The Hall–Kier alpha value is -1.73. The first kappa shape index (κ1) is 21.0. The van der Waals surface area contributed by atoms with Crippen molar-refractivity contribution in [1.29, 1.82) is 0 Å². The summed E-state index contributed by atoms with van der Waals surface area (Å²) in [6, 6.07) is 0. The molecule has 0 unspecified atom stereocenters. The Morgan fingerprint density at radius 2 is 1.68 bits per heavy atom. The zero-order valence-corrected chi connectivity index (χ0v) is 18.3. The summed E-state index contributed by atoms with van der Waals surface area (Å²) in [6.07, 6.45) is 4.16. The van der Waals surface area contributed by atoms with Crippen LogP contribution >= 0.6 is 0 Å². The molecule has 2 saturated heterocycles. The van der Waals surface area contributed by atoms with Crippen molar-refractivity contribution < 1.29 is 4.79 Å². The predicted octanol–water partition coefficient (Wildman–Crippen LogP) is 1.86. The van der Waals surface area contributed by atoms with Crippen molar-refractivity contribution in [2.24, 2.45) is 5.92 Å². The van der Waals surface area contributed by atoms with Crippen molar-refractivity contribution in [3.63, 3.8) is 0 Å². The maximum Gasteiger partial charge on any atom is 0.254 e. The van der Waals surface area contributed by atoms with E-state index in [1.54, 1.807) is 12.4 Å². The second-order valence-electron chi connectivity index (χ2n) is 9.90. The fourth-order valence-electron chi connectivity index (χ4n) is 4.49. The molecule has 0 saturated carbocycles. The van der Waals surface area contributed by atoms with E-state index >= 15 is 0 Å². The Morgan fingerprint density at radius 3 is 2.21 bits per heavy atom. The standard InChI is InChI=1S/C21H36N6O/c1-16-13-26(14-16)19-22-11-17(12-23-19)18(28)24-20(2,3)15-21(4,5)27-9-7-25(6)8-10-27/h11-12,16H,7-10,13-15H2,1-6H3,(H,24,28). The lowest BCUT2D eigenvalue weighted by atomic mass is 9.85. The maximum atomic E-state index is 12.8. The van der Waals surface area contributed by atoms with E-state index in [4.69, 9.17) is 0 Å². The number of rotatable bonds is 6. The smallest absolute Gasteiger partial charge is 0.254 e. The molecule has 0 radical (unpaired) electrons. The Bertz CT molecular complexity index is 673. The minimum Gasteiger partial charge on any atom is -0.347 e. The molecular weight excluding hydrogens is 352 g/mol. The molecule has 1 aromatic heterocycles. The van der Waals surface area contributed by atoms with Crippen molar-refractivity contribution in [3.8, 4) is 0 Å². The summed E-state index contributed by atoms with van der Waals surface area (Å²) in [5.74, 6) is 1.30. The summed E-state index contributed by atoms with van der Waals surface area (Å²) in [4.78, 5) is 28.6. The van der Waals surface area contributed by atoms with Crippen molar-refractivity contribution in [3.05, 3.63) is 18.0 Å². The van der Waals surface area contributed by atoms with Gasteiger partial charge in [0.15, 0.2) is 0 Å². The number of carbonyl (C=O) groups excluding carboxylic acids is 1. The number of likely N-dealkylation sites (N-methyl/N-ethyl adjacent to an activating group) is 1. The van der Waals surface area contributed by atoms with Crippen LogP contribution in [0.2, 0.25) is 0 Å². The van der Waals surface area contributed by atoms with Gasteiger partial charge >= 0.3 is 0 Å². The van der Waals surface area contributed by atoms with Crippen LogP contribution in [0.15, 0.2) is 12.4 Å². The number of amides is 1. The van der Waals surface area contributed by atoms with Crippen LogP contribution in [0, 0.1) is 5.92 Å². The highest BCUT2D eigenvalue weighted by molar-refractivity contribution is 5.94. The predicted molar refractivity (Wildman–Crippen MR) is 113 cm³/mol. The van der Waals surface area contributed by atoms with Gasteiger partial charge in [-0.15, -0.1) is 0 Å². The molecule has 28 heavy (non-hydrogen) atoms. The van der Waals surface area contributed by atoms with Crippen LogP contribution in [0.25, 0.3) is 0 Å². The first-order valence-electron chi connectivity index (χ1n) is 10.4. The molecule has 0 bridgehead atoms. The molecule has 156 valence electrons. The van der Waals surface area contributed by atoms with Crippen LogP contribution in [0.3, 0.4) is 0 Å². The van der Waals surface area contributed by atoms with E-state index in [9.17, 15) is 4.79 Å². The van der Waals surface area contributed by atoms with Crippen molar-refractivity contribution >= 4 is 11.9 Å². The molecule has 2 aliphatic heterocycles. The lowest BCUT2D eigenvalue weighted by molar-refractivity contribution is 0.0396. The number of aromatic nitrogens is 2. The third kappa shape index (κ3) is 5.00. The number of piperazine rings is 1. The number of carbonyl (C=O) groups is 1. The summed E-state index contributed by atoms with van der Waals surface area (Å²) >= 11 is 0. The molecule has 0 atom stereocenters.